The highest BCUT2D eigenvalue weighted by atomic mass is 35.5. The fraction of sp³-hybridized carbons (Fsp3) is 0.250. The van der Waals surface area contributed by atoms with Gasteiger partial charge in [0.05, 0.1) is 28.2 Å². The molecule has 0 spiro atoms. The molecule has 4 rings (SSSR count). The maximum atomic E-state index is 15.0. The van der Waals surface area contributed by atoms with Crippen LogP contribution >= 0.6 is 11.6 Å². The summed E-state index contributed by atoms with van der Waals surface area (Å²) in [5.41, 5.74) is 1.74. The number of rotatable bonds is 9. The van der Waals surface area contributed by atoms with Gasteiger partial charge in [-0.3, -0.25) is 9.48 Å². The van der Waals surface area contributed by atoms with E-state index >= 15 is 4.39 Å². The average molecular weight is 519 g/mol. The number of amides is 1. The molecule has 2 heterocycles. The van der Waals surface area contributed by atoms with Gasteiger partial charge in [0.2, 0.25) is 5.91 Å². The van der Waals surface area contributed by atoms with Gasteiger partial charge in [0, 0.05) is 37.3 Å². The Labute approximate surface area is 207 Å². The molecule has 11 heteroatoms. The molecule has 0 atom stereocenters. The second-order valence-electron chi connectivity index (χ2n) is 8.07. The first-order valence-corrected chi connectivity index (χ1v) is 12.7. The third-order valence-corrected chi connectivity index (χ3v) is 7.32. The smallest absolute Gasteiger partial charge is 0.268 e. The Balaban J connectivity index is 1.71. The topological polar surface area (TPSA) is 95.2 Å². The van der Waals surface area contributed by atoms with Crippen molar-refractivity contribution in [3.05, 3.63) is 77.0 Å². The van der Waals surface area contributed by atoms with Crippen molar-refractivity contribution < 1.29 is 22.3 Å². The molecule has 0 radical (unpaired) electrons. The number of halogens is 2. The first-order valence-electron chi connectivity index (χ1n) is 10.9. The maximum Gasteiger partial charge on any atom is 0.268 e. The molecule has 1 N–H and O–H groups in total. The number of aromatic nitrogens is 3. The maximum absolute atomic E-state index is 15.0. The Morgan fingerprint density at radius 3 is 2.60 bits per heavy atom. The molecule has 35 heavy (non-hydrogen) atoms. The van der Waals surface area contributed by atoms with Crippen molar-refractivity contribution in [3.63, 3.8) is 0 Å². The van der Waals surface area contributed by atoms with Crippen molar-refractivity contribution in [1.82, 2.24) is 19.1 Å². The lowest BCUT2D eigenvalue weighted by Crippen LogP contribution is -2.22. The molecule has 0 fully saturated rings. The van der Waals surface area contributed by atoms with Gasteiger partial charge < -0.3 is 10.1 Å². The monoisotopic (exact) mass is 518 g/mol. The second-order valence-corrected chi connectivity index (χ2v) is 10.3. The number of hydrogen-bond acceptors (Lipinski definition) is 5. The average Bonchev–Trinajstić information content (AvgIpc) is 3.37. The van der Waals surface area contributed by atoms with E-state index in [1.54, 1.807) is 23.0 Å². The summed E-state index contributed by atoms with van der Waals surface area (Å²) in [7, 11) is -3.99. The van der Waals surface area contributed by atoms with Crippen LogP contribution in [0.1, 0.15) is 18.1 Å². The minimum atomic E-state index is -3.99. The Morgan fingerprint density at radius 1 is 1.20 bits per heavy atom. The SMILES string of the molecule is CC(=O)NCCc1cn(S(=O)(=O)c2ccc(C)cc2)c2cc(F)c(OCCn3cc(Cl)cn3)cc12. The first-order chi connectivity index (χ1) is 16.6. The summed E-state index contributed by atoms with van der Waals surface area (Å²) in [6, 6.07) is 9.09. The first kappa shape index (κ1) is 24.7. The van der Waals surface area contributed by atoms with Gasteiger partial charge in [0.1, 0.15) is 6.61 Å². The summed E-state index contributed by atoms with van der Waals surface area (Å²) >= 11 is 5.85. The molecule has 0 unspecified atom stereocenters. The molecular weight excluding hydrogens is 495 g/mol. The largest absolute Gasteiger partial charge is 0.489 e. The molecule has 0 aliphatic rings. The van der Waals surface area contributed by atoms with Crippen molar-refractivity contribution in [3.8, 4) is 5.75 Å². The zero-order chi connectivity index (χ0) is 25.2. The fourth-order valence-electron chi connectivity index (χ4n) is 3.68. The number of nitrogens with zero attached hydrogens (tertiary/aromatic N) is 3. The lowest BCUT2D eigenvalue weighted by molar-refractivity contribution is -0.118. The quantitative estimate of drug-likeness (QED) is 0.362. The number of benzene rings is 2. The molecule has 1 amide bonds. The van der Waals surface area contributed by atoms with E-state index in [0.29, 0.717) is 35.5 Å². The Bertz CT molecular complexity index is 1480. The van der Waals surface area contributed by atoms with E-state index in [4.69, 9.17) is 16.3 Å². The fourth-order valence-corrected chi connectivity index (χ4v) is 5.22. The number of carbonyl (C=O) groups is 1. The molecule has 2 aromatic heterocycles. The molecule has 0 saturated carbocycles. The summed E-state index contributed by atoms with van der Waals surface area (Å²) in [4.78, 5) is 11.4. The molecule has 184 valence electrons. The zero-order valence-corrected chi connectivity index (χ0v) is 20.7. The van der Waals surface area contributed by atoms with E-state index in [1.807, 2.05) is 6.92 Å². The highest BCUT2D eigenvalue weighted by Gasteiger charge is 2.23. The van der Waals surface area contributed by atoms with Crippen LogP contribution in [-0.4, -0.2) is 41.2 Å². The normalized spacial score (nSPS) is 11.7. The van der Waals surface area contributed by atoms with Gasteiger partial charge in [-0.05, 0) is 37.1 Å². The van der Waals surface area contributed by atoms with Crippen LogP contribution in [0.3, 0.4) is 0 Å². The number of fused-ring (bicyclic) bond motifs is 1. The van der Waals surface area contributed by atoms with Crippen LogP contribution in [0.5, 0.6) is 5.75 Å². The van der Waals surface area contributed by atoms with E-state index in [9.17, 15) is 13.2 Å². The summed E-state index contributed by atoms with van der Waals surface area (Å²) in [5, 5.41) is 7.76. The highest BCUT2D eigenvalue weighted by Crippen LogP contribution is 2.32. The molecule has 2 aromatic carbocycles. The van der Waals surface area contributed by atoms with Crippen molar-refractivity contribution in [2.75, 3.05) is 13.2 Å². The minimum absolute atomic E-state index is 0.0120. The van der Waals surface area contributed by atoms with Crippen molar-refractivity contribution in [1.29, 1.82) is 0 Å². The van der Waals surface area contributed by atoms with Crippen LogP contribution in [-0.2, 0) is 27.8 Å². The predicted molar refractivity (Wildman–Crippen MR) is 131 cm³/mol. The van der Waals surface area contributed by atoms with E-state index in [1.165, 1.54) is 37.5 Å². The summed E-state index contributed by atoms with van der Waals surface area (Å²) in [6.07, 6.45) is 4.94. The molecule has 8 nitrogen and oxygen atoms in total. The van der Waals surface area contributed by atoms with Crippen LogP contribution in [0.25, 0.3) is 10.9 Å². The number of hydrogen-bond donors (Lipinski definition) is 1. The molecular formula is C24H24ClFN4O4S. The third-order valence-electron chi connectivity index (χ3n) is 5.43. The predicted octanol–water partition coefficient (Wildman–Crippen LogP) is 3.93. The van der Waals surface area contributed by atoms with Gasteiger partial charge in [-0.25, -0.2) is 16.8 Å². The van der Waals surface area contributed by atoms with Gasteiger partial charge in [-0.15, -0.1) is 0 Å². The van der Waals surface area contributed by atoms with Crippen LogP contribution in [0, 0.1) is 12.7 Å². The Hall–Kier alpha value is -3.37. The second kappa shape index (κ2) is 10.1. The number of nitrogens with one attached hydrogen (secondary N) is 1. The summed E-state index contributed by atoms with van der Waals surface area (Å²) in [5.74, 6) is -0.903. The van der Waals surface area contributed by atoms with E-state index in [0.717, 1.165) is 15.6 Å². The van der Waals surface area contributed by atoms with Crippen molar-refractivity contribution in [2.45, 2.75) is 31.7 Å². The lowest BCUT2D eigenvalue weighted by Gasteiger charge is -2.10. The van der Waals surface area contributed by atoms with Crippen LogP contribution in [0.15, 0.2) is 59.9 Å². The Kier molecular flexibility index (Phi) is 7.13. The van der Waals surface area contributed by atoms with E-state index < -0.39 is 15.8 Å². The minimum Gasteiger partial charge on any atom is -0.489 e. The van der Waals surface area contributed by atoms with Gasteiger partial charge in [-0.2, -0.15) is 5.10 Å². The van der Waals surface area contributed by atoms with Crippen LogP contribution in [0.4, 0.5) is 4.39 Å². The molecule has 0 aliphatic carbocycles. The standard InChI is InChI=1S/C24H24ClFN4O4S/c1-16-3-5-20(6-4-16)35(32,33)30-14-18(7-8-27-17(2)31)21-11-24(22(26)12-23(21)30)34-10-9-29-15-19(25)13-28-29/h3-6,11-15H,7-10H2,1-2H3,(H,27,31). The van der Waals surface area contributed by atoms with Gasteiger partial charge in [-0.1, -0.05) is 29.3 Å². The molecule has 0 saturated heterocycles. The number of carbonyl (C=O) groups excluding carboxylic acids is 1. The zero-order valence-electron chi connectivity index (χ0n) is 19.2. The number of ether oxygens (including phenoxy) is 1. The van der Waals surface area contributed by atoms with Crippen molar-refractivity contribution >= 4 is 38.4 Å². The Morgan fingerprint density at radius 2 is 1.94 bits per heavy atom. The van der Waals surface area contributed by atoms with Gasteiger partial charge >= 0.3 is 0 Å². The van der Waals surface area contributed by atoms with E-state index in [2.05, 4.69) is 10.4 Å². The highest BCUT2D eigenvalue weighted by molar-refractivity contribution is 7.90. The summed E-state index contributed by atoms with van der Waals surface area (Å²) in [6.45, 7) is 4.04. The lowest BCUT2D eigenvalue weighted by atomic mass is 10.1. The third kappa shape index (κ3) is 5.49. The van der Waals surface area contributed by atoms with E-state index in [-0.39, 0.29) is 28.7 Å². The number of aryl methyl sites for hydroxylation is 1. The van der Waals surface area contributed by atoms with Gasteiger partial charge in [0.25, 0.3) is 10.0 Å². The van der Waals surface area contributed by atoms with Crippen LogP contribution < -0.4 is 10.1 Å². The molecule has 4 aromatic rings. The molecule has 0 bridgehead atoms. The van der Waals surface area contributed by atoms with Crippen LogP contribution in [0.2, 0.25) is 5.02 Å². The summed E-state index contributed by atoms with van der Waals surface area (Å²) < 4.78 is 50.1. The van der Waals surface area contributed by atoms with Crippen molar-refractivity contribution in [2.24, 2.45) is 0 Å². The molecule has 0 aliphatic heterocycles. The van der Waals surface area contributed by atoms with Gasteiger partial charge in [0.15, 0.2) is 11.6 Å².